The lowest BCUT2D eigenvalue weighted by Gasteiger charge is -2.22. The summed E-state index contributed by atoms with van der Waals surface area (Å²) in [5, 5.41) is 2.27. The first kappa shape index (κ1) is 29.2. The fourth-order valence-electron chi connectivity index (χ4n) is 3.85. The maximum Gasteiger partial charge on any atom is 0.453 e. The summed E-state index contributed by atoms with van der Waals surface area (Å²) in [5.74, 6) is -4.08. The first-order valence-electron chi connectivity index (χ1n) is 12.7. The van der Waals surface area contributed by atoms with E-state index >= 15 is 0 Å². The highest BCUT2D eigenvalue weighted by Crippen LogP contribution is 2.38. The van der Waals surface area contributed by atoms with E-state index in [2.05, 4.69) is 5.32 Å². The van der Waals surface area contributed by atoms with Gasteiger partial charge in [-0.1, -0.05) is 68.8 Å². The SMILES string of the molecule is CC[C@H](C)[C@@H](NC(=O)OCc1ccccc1)C(=O)Oc1ccc2c(=O)c(Oc3ccccc3)c(C(F)(F)F)oc2c1. The van der Waals surface area contributed by atoms with Crippen molar-refractivity contribution in [2.24, 2.45) is 5.92 Å². The molecule has 41 heavy (non-hydrogen) atoms. The molecule has 1 N–H and O–H groups in total. The number of halogens is 3. The fraction of sp³-hybridized carbons (Fsp3) is 0.233. The summed E-state index contributed by atoms with van der Waals surface area (Å²) in [7, 11) is 0. The minimum absolute atomic E-state index is 0.0149. The second kappa shape index (κ2) is 12.6. The number of hydrogen-bond donors (Lipinski definition) is 1. The van der Waals surface area contributed by atoms with Crippen molar-refractivity contribution >= 4 is 23.0 Å². The van der Waals surface area contributed by atoms with Gasteiger partial charge in [-0.2, -0.15) is 13.2 Å². The maximum absolute atomic E-state index is 13.8. The minimum Gasteiger partial charge on any atom is -0.449 e. The van der Waals surface area contributed by atoms with E-state index in [0.717, 1.165) is 11.6 Å². The van der Waals surface area contributed by atoms with Crippen LogP contribution in [0.1, 0.15) is 31.6 Å². The zero-order valence-electron chi connectivity index (χ0n) is 22.1. The van der Waals surface area contributed by atoms with Crippen LogP contribution in [0.25, 0.3) is 11.0 Å². The van der Waals surface area contributed by atoms with Gasteiger partial charge in [0.15, 0.2) is 0 Å². The van der Waals surface area contributed by atoms with Crippen LogP contribution in [0.5, 0.6) is 17.2 Å². The third-order valence-electron chi connectivity index (χ3n) is 6.21. The Bertz CT molecular complexity index is 1570. The Kier molecular flexibility index (Phi) is 8.96. The van der Waals surface area contributed by atoms with Gasteiger partial charge in [0.25, 0.3) is 5.76 Å². The number of hydrogen-bond acceptors (Lipinski definition) is 7. The molecule has 4 aromatic rings. The molecule has 0 aliphatic rings. The van der Waals surface area contributed by atoms with Crippen molar-refractivity contribution in [2.75, 3.05) is 0 Å². The highest BCUT2D eigenvalue weighted by atomic mass is 19.4. The Labute approximate surface area is 232 Å². The van der Waals surface area contributed by atoms with Gasteiger partial charge in [-0.05, 0) is 35.7 Å². The summed E-state index contributed by atoms with van der Waals surface area (Å²) >= 11 is 0. The average molecular weight is 570 g/mol. The van der Waals surface area contributed by atoms with Gasteiger partial charge in [0.2, 0.25) is 11.2 Å². The molecule has 214 valence electrons. The van der Waals surface area contributed by atoms with Crippen LogP contribution in [0, 0.1) is 5.92 Å². The highest BCUT2D eigenvalue weighted by Gasteiger charge is 2.40. The van der Waals surface area contributed by atoms with Crippen molar-refractivity contribution in [3.63, 3.8) is 0 Å². The number of nitrogens with one attached hydrogen (secondary N) is 1. The molecule has 1 amide bonds. The molecule has 11 heteroatoms. The van der Waals surface area contributed by atoms with Crippen LogP contribution in [-0.4, -0.2) is 18.1 Å². The molecular weight excluding hydrogens is 543 g/mol. The monoisotopic (exact) mass is 569 g/mol. The molecule has 0 aliphatic carbocycles. The summed E-state index contributed by atoms with van der Waals surface area (Å²) < 4.78 is 62.4. The van der Waals surface area contributed by atoms with Crippen LogP contribution in [-0.2, 0) is 22.3 Å². The number of fused-ring (bicyclic) bond motifs is 1. The van der Waals surface area contributed by atoms with Gasteiger partial charge in [0, 0.05) is 6.07 Å². The minimum atomic E-state index is -5.06. The van der Waals surface area contributed by atoms with E-state index in [-0.39, 0.29) is 29.4 Å². The third-order valence-corrected chi connectivity index (χ3v) is 6.21. The van der Waals surface area contributed by atoms with Gasteiger partial charge in [0.05, 0.1) is 5.39 Å². The van der Waals surface area contributed by atoms with Gasteiger partial charge in [-0.15, -0.1) is 0 Å². The Morgan fingerprint density at radius 2 is 1.61 bits per heavy atom. The normalized spacial score (nSPS) is 12.8. The number of rotatable bonds is 9. The van der Waals surface area contributed by atoms with Gasteiger partial charge in [0.1, 0.15) is 29.7 Å². The molecular formula is C30H26F3NO7. The summed E-state index contributed by atoms with van der Waals surface area (Å²) in [6.45, 7) is 3.50. The first-order chi connectivity index (χ1) is 19.6. The Hall–Kier alpha value is -4.80. The summed E-state index contributed by atoms with van der Waals surface area (Å²) in [6, 6.07) is 18.7. The molecule has 0 bridgehead atoms. The average Bonchev–Trinajstić information content (AvgIpc) is 2.96. The fourth-order valence-corrected chi connectivity index (χ4v) is 3.85. The number of carbonyl (C=O) groups is 2. The lowest BCUT2D eigenvalue weighted by atomic mass is 9.99. The highest BCUT2D eigenvalue weighted by molar-refractivity contribution is 5.85. The predicted octanol–water partition coefficient (Wildman–Crippen LogP) is 6.85. The Morgan fingerprint density at radius 1 is 0.951 bits per heavy atom. The molecule has 0 spiro atoms. The largest absolute Gasteiger partial charge is 0.453 e. The molecule has 8 nitrogen and oxygen atoms in total. The predicted molar refractivity (Wildman–Crippen MR) is 143 cm³/mol. The van der Waals surface area contributed by atoms with Crippen molar-refractivity contribution < 1.29 is 41.4 Å². The molecule has 0 radical (unpaired) electrons. The lowest BCUT2D eigenvalue weighted by molar-refractivity contribution is -0.154. The van der Waals surface area contributed by atoms with E-state index in [1.165, 1.54) is 36.4 Å². The van der Waals surface area contributed by atoms with Crippen LogP contribution in [0.3, 0.4) is 0 Å². The zero-order chi connectivity index (χ0) is 29.6. The Morgan fingerprint density at radius 3 is 2.24 bits per heavy atom. The van der Waals surface area contributed by atoms with Crippen molar-refractivity contribution in [3.05, 3.63) is 100 Å². The molecule has 1 heterocycles. The molecule has 1 aromatic heterocycles. The summed E-state index contributed by atoms with van der Waals surface area (Å²) in [6.07, 6.45) is -5.42. The molecule has 2 atom stereocenters. The first-order valence-corrected chi connectivity index (χ1v) is 12.7. The second-order valence-corrected chi connectivity index (χ2v) is 9.15. The molecule has 0 saturated carbocycles. The van der Waals surface area contributed by atoms with Crippen LogP contribution in [0.4, 0.5) is 18.0 Å². The van der Waals surface area contributed by atoms with E-state index < -0.39 is 46.8 Å². The number of amides is 1. The van der Waals surface area contributed by atoms with E-state index in [4.69, 9.17) is 18.6 Å². The molecule has 0 unspecified atom stereocenters. The third kappa shape index (κ3) is 7.24. The summed E-state index contributed by atoms with van der Waals surface area (Å²) in [5.41, 5.74) is -0.775. The number of para-hydroxylation sites is 1. The number of ether oxygens (including phenoxy) is 3. The van der Waals surface area contributed by atoms with E-state index in [1.807, 2.05) is 6.07 Å². The van der Waals surface area contributed by atoms with Crippen molar-refractivity contribution in [3.8, 4) is 17.2 Å². The molecule has 3 aromatic carbocycles. The van der Waals surface area contributed by atoms with E-state index in [9.17, 15) is 27.6 Å². The maximum atomic E-state index is 13.8. The van der Waals surface area contributed by atoms with E-state index in [0.29, 0.717) is 6.42 Å². The molecule has 0 fully saturated rings. The second-order valence-electron chi connectivity index (χ2n) is 9.15. The van der Waals surface area contributed by atoms with Crippen LogP contribution >= 0.6 is 0 Å². The van der Waals surface area contributed by atoms with Gasteiger partial charge < -0.3 is 23.9 Å². The Balaban J connectivity index is 1.57. The standard InChI is InChI=1S/C30H26F3NO7/c1-3-18(2)24(34-29(37)38-17-19-10-6-4-7-11-19)28(36)40-21-14-15-22-23(16-21)41-27(30(31,32)33)26(25(22)35)39-20-12-8-5-9-13-20/h4-16,18,24H,3,17H2,1-2H3,(H,34,37)/t18-,24+/m0/s1. The topological polar surface area (TPSA) is 104 Å². The van der Waals surface area contributed by atoms with Gasteiger partial charge in [-0.25, -0.2) is 9.59 Å². The lowest BCUT2D eigenvalue weighted by Crippen LogP contribution is -2.47. The number of alkyl halides is 3. The number of carbonyl (C=O) groups excluding carboxylic acids is 2. The van der Waals surface area contributed by atoms with Crippen LogP contribution in [0.2, 0.25) is 0 Å². The summed E-state index contributed by atoms with van der Waals surface area (Å²) in [4.78, 5) is 38.4. The number of benzene rings is 3. The molecule has 0 aliphatic heterocycles. The van der Waals surface area contributed by atoms with E-state index in [1.54, 1.807) is 44.2 Å². The smallest absolute Gasteiger partial charge is 0.449 e. The van der Waals surface area contributed by atoms with Crippen molar-refractivity contribution in [2.45, 2.75) is 39.1 Å². The van der Waals surface area contributed by atoms with Gasteiger partial charge in [-0.3, -0.25) is 4.79 Å². The van der Waals surface area contributed by atoms with Gasteiger partial charge >= 0.3 is 18.2 Å². The zero-order valence-corrected chi connectivity index (χ0v) is 22.1. The van der Waals surface area contributed by atoms with Crippen molar-refractivity contribution in [1.82, 2.24) is 5.32 Å². The molecule has 4 rings (SSSR count). The van der Waals surface area contributed by atoms with Crippen LogP contribution in [0.15, 0.2) is 88.1 Å². The van der Waals surface area contributed by atoms with Crippen molar-refractivity contribution in [1.29, 1.82) is 0 Å². The quantitative estimate of drug-likeness (QED) is 0.174. The molecule has 0 saturated heterocycles. The number of esters is 1. The number of alkyl carbamates (subject to hydrolysis) is 1. The van der Waals surface area contributed by atoms with Crippen LogP contribution < -0.4 is 20.2 Å².